The summed E-state index contributed by atoms with van der Waals surface area (Å²) in [5, 5.41) is 11.7. The van der Waals surface area contributed by atoms with Crippen molar-refractivity contribution in [2.75, 3.05) is 11.1 Å². The Bertz CT molecular complexity index is 866. The molecule has 0 bridgehead atoms. The van der Waals surface area contributed by atoms with Crippen molar-refractivity contribution in [1.82, 2.24) is 14.8 Å². The zero-order valence-electron chi connectivity index (χ0n) is 15.9. The summed E-state index contributed by atoms with van der Waals surface area (Å²) in [4.78, 5) is 12.2. The molecule has 28 heavy (non-hydrogen) atoms. The Morgan fingerprint density at radius 1 is 1.07 bits per heavy atom. The molecule has 0 aliphatic rings. The van der Waals surface area contributed by atoms with Crippen molar-refractivity contribution in [2.45, 2.75) is 37.9 Å². The third-order valence-electron chi connectivity index (χ3n) is 4.03. The number of rotatable bonds is 10. The highest BCUT2D eigenvalue weighted by Crippen LogP contribution is 2.23. The number of amides is 1. The molecule has 2 aromatic carbocycles. The number of carbonyl (C=O) groups excluding carboxylic acids is 1. The number of nitrogens with one attached hydrogen (secondary N) is 1. The van der Waals surface area contributed by atoms with Gasteiger partial charge in [0.15, 0.2) is 5.16 Å². The van der Waals surface area contributed by atoms with Gasteiger partial charge in [-0.25, -0.2) is 0 Å². The molecule has 3 aromatic rings. The summed E-state index contributed by atoms with van der Waals surface area (Å²) in [7, 11) is 0. The summed E-state index contributed by atoms with van der Waals surface area (Å²) < 4.78 is 7.76. The summed E-state index contributed by atoms with van der Waals surface area (Å²) in [6, 6.07) is 16.9. The molecule has 0 saturated carbocycles. The topological polar surface area (TPSA) is 69.0 Å². The molecule has 1 N–H and O–H groups in total. The normalized spacial score (nSPS) is 10.6. The summed E-state index contributed by atoms with van der Waals surface area (Å²) in [6.07, 6.45) is 5.15. The number of ether oxygens (including phenoxy) is 1. The summed E-state index contributed by atoms with van der Waals surface area (Å²) in [6.45, 7) is 3.06. The summed E-state index contributed by atoms with van der Waals surface area (Å²) >= 11 is 1.40. The average molecular weight is 397 g/mol. The lowest BCUT2D eigenvalue weighted by Crippen LogP contribution is -2.14. The molecule has 0 unspecified atom stereocenters. The van der Waals surface area contributed by atoms with Crippen LogP contribution in [0.15, 0.2) is 66.1 Å². The van der Waals surface area contributed by atoms with Crippen molar-refractivity contribution < 1.29 is 9.53 Å². The fraction of sp³-hybridized carbons (Fsp3) is 0.286. The average Bonchev–Trinajstić information content (AvgIpc) is 3.16. The zero-order chi connectivity index (χ0) is 19.6. The van der Waals surface area contributed by atoms with Gasteiger partial charge in [0.25, 0.3) is 0 Å². The lowest BCUT2D eigenvalue weighted by Gasteiger charge is -2.08. The van der Waals surface area contributed by atoms with E-state index in [1.165, 1.54) is 24.6 Å². The Hall–Kier alpha value is -2.80. The summed E-state index contributed by atoms with van der Waals surface area (Å²) in [5.74, 6) is 1.71. The minimum absolute atomic E-state index is 0.0789. The van der Waals surface area contributed by atoms with Gasteiger partial charge < -0.3 is 14.6 Å². The van der Waals surface area contributed by atoms with Crippen LogP contribution in [0.25, 0.3) is 0 Å². The van der Waals surface area contributed by atoms with Crippen molar-refractivity contribution in [1.29, 1.82) is 0 Å². The Labute approximate surface area is 169 Å². The third kappa shape index (κ3) is 6.13. The van der Waals surface area contributed by atoms with Crippen LogP contribution in [0.5, 0.6) is 11.5 Å². The molecule has 7 heteroatoms. The van der Waals surface area contributed by atoms with Crippen LogP contribution < -0.4 is 10.1 Å². The van der Waals surface area contributed by atoms with Crippen molar-refractivity contribution in [2.24, 2.45) is 0 Å². The molecule has 0 aliphatic heterocycles. The van der Waals surface area contributed by atoms with E-state index in [0.717, 1.165) is 35.3 Å². The molecule has 3 rings (SSSR count). The van der Waals surface area contributed by atoms with E-state index in [-0.39, 0.29) is 11.7 Å². The number of hydrogen-bond acceptors (Lipinski definition) is 5. The number of carbonyl (C=O) groups is 1. The van der Waals surface area contributed by atoms with E-state index < -0.39 is 0 Å². The van der Waals surface area contributed by atoms with E-state index in [1.807, 2.05) is 59.2 Å². The van der Waals surface area contributed by atoms with Crippen molar-refractivity contribution >= 4 is 23.4 Å². The minimum Gasteiger partial charge on any atom is -0.457 e. The van der Waals surface area contributed by atoms with Crippen LogP contribution in [0, 0.1) is 0 Å². The van der Waals surface area contributed by atoms with Crippen LogP contribution >= 0.6 is 11.8 Å². The first kappa shape index (κ1) is 19.9. The SMILES string of the molecule is CCCCCn1cnnc1SCC(=O)Nc1ccc(Oc2ccccc2)cc1. The largest absolute Gasteiger partial charge is 0.457 e. The molecule has 0 aliphatic carbocycles. The molecule has 0 spiro atoms. The molecule has 146 valence electrons. The first-order valence-electron chi connectivity index (χ1n) is 9.38. The zero-order valence-corrected chi connectivity index (χ0v) is 16.7. The predicted octanol–water partition coefficient (Wildman–Crippen LogP) is 4.99. The fourth-order valence-electron chi connectivity index (χ4n) is 2.60. The molecular weight excluding hydrogens is 372 g/mol. The molecule has 1 aromatic heterocycles. The van der Waals surface area contributed by atoms with E-state index >= 15 is 0 Å². The van der Waals surface area contributed by atoms with Gasteiger partial charge in [0.2, 0.25) is 5.91 Å². The van der Waals surface area contributed by atoms with E-state index in [2.05, 4.69) is 22.4 Å². The second-order valence-corrected chi connectivity index (χ2v) is 7.23. The molecule has 0 saturated heterocycles. The minimum atomic E-state index is -0.0789. The highest BCUT2D eigenvalue weighted by Gasteiger charge is 2.09. The molecular formula is C21H24N4O2S. The van der Waals surface area contributed by atoms with Crippen molar-refractivity contribution in [3.8, 4) is 11.5 Å². The lowest BCUT2D eigenvalue weighted by molar-refractivity contribution is -0.113. The number of anilines is 1. The van der Waals surface area contributed by atoms with Gasteiger partial charge in [0.1, 0.15) is 17.8 Å². The standard InChI is InChI=1S/C21H24N4O2S/c1-2-3-7-14-25-16-22-24-21(25)28-15-20(26)23-17-10-12-19(13-11-17)27-18-8-5-4-6-9-18/h4-6,8-13,16H,2-3,7,14-15H2,1H3,(H,23,26). The number of nitrogens with zero attached hydrogens (tertiary/aromatic N) is 3. The number of hydrogen-bond donors (Lipinski definition) is 1. The Balaban J connectivity index is 1.47. The number of benzene rings is 2. The van der Waals surface area contributed by atoms with Crippen molar-refractivity contribution in [3.63, 3.8) is 0 Å². The maximum atomic E-state index is 12.2. The van der Waals surface area contributed by atoms with Crippen LogP contribution in [-0.4, -0.2) is 26.4 Å². The maximum Gasteiger partial charge on any atom is 0.234 e. The van der Waals surface area contributed by atoms with Crippen LogP contribution in [0.2, 0.25) is 0 Å². The molecule has 0 radical (unpaired) electrons. The van der Waals surface area contributed by atoms with Gasteiger partial charge in [0.05, 0.1) is 5.75 Å². The first-order valence-corrected chi connectivity index (χ1v) is 10.4. The van der Waals surface area contributed by atoms with Crippen LogP contribution in [0.3, 0.4) is 0 Å². The number of aryl methyl sites for hydroxylation is 1. The number of para-hydroxylation sites is 1. The monoisotopic (exact) mass is 396 g/mol. The second kappa shape index (κ2) is 10.5. The van der Waals surface area contributed by atoms with E-state index in [4.69, 9.17) is 4.74 Å². The first-order chi connectivity index (χ1) is 13.7. The fourth-order valence-corrected chi connectivity index (χ4v) is 3.34. The highest BCUT2D eigenvalue weighted by molar-refractivity contribution is 7.99. The Morgan fingerprint density at radius 2 is 1.82 bits per heavy atom. The van der Waals surface area contributed by atoms with Gasteiger partial charge in [0, 0.05) is 12.2 Å². The molecule has 0 fully saturated rings. The van der Waals surface area contributed by atoms with Crippen LogP contribution in [0.4, 0.5) is 5.69 Å². The van der Waals surface area contributed by atoms with Gasteiger partial charge in [-0.3, -0.25) is 4.79 Å². The Morgan fingerprint density at radius 3 is 2.57 bits per heavy atom. The molecule has 0 atom stereocenters. The van der Waals surface area contributed by atoms with Crippen LogP contribution in [0.1, 0.15) is 26.2 Å². The van der Waals surface area contributed by atoms with Gasteiger partial charge in [-0.05, 0) is 42.8 Å². The molecule has 1 amide bonds. The van der Waals surface area contributed by atoms with E-state index in [0.29, 0.717) is 0 Å². The highest BCUT2D eigenvalue weighted by atomic mass is 32.2. The van der Waals surface area contributed by atoms with E-state index in [9.17, 15) is 4.79 Å². The van der Waals surface area contributed by atoms with Crippen LogP contribution in [-0.2, 0) is 11.3 Å². The second-order valence-electron chi connectivity index (χ2n) is 6.29. The smallest absolute Gasteiger partial charge is 0.234 e. The van der Waals surface area contributed by atoms with Gasteiger partial charge >= 0.3 is 0 Å². The Kier molecular flexibility index (Phi) is 7.49. The summed E-state index contributed by atoms with van der Waals surface area (Å²) in [5.41, 5.74) is 0.732. The number of unbranched alkanes of at least 4 members (excludes halogenated alkanes) is 2. The quantitative estimate of drug-likeness (QED) is 0.386. The van der Waals surface area contributed by atoms with Gasteiger partial charge in [-0.2, -0.15) is 0 Å². The van der Waals surface area contributed by atoms with E-state index in [1.54, 1.807) is 6.33 Å². The molecule has 1 heterocycles. The van der Waals surface area contributed by atoms with Gasteiger partial charge in [-0.1, -0.05) is 49.7 Å². The van der Waals surface area contributed by atoms with Gasteiger partial charge in [-0.15, -0.1) is 10.2 Å². The lowest BCUT2D eigenvalue weighted by atomic mass is 10.2. The maximum absolute atomic E-state index is 12.2. The third-order valence-corrected chi connectivity index (χ3v) is 5.01. The molecule has 6 nitrogen and oxygen atoms in total. The number of aromatic nitrogens is 3. The predicted molar refractivity (Wildman–Crippen MR) is 112 cm³/mol. The van der Waals surface area contributed by atoms with Crippen molar-refractivity contribution in [3.05, 3.63) is 60.9 Å². The number of thioether (sulfide) groups is 1.